The van der Waals surface area contributed by atoms with Gasteiger partial charge in [0.2, 0.25) is 0 Å². The Labute approximate surface area is 148 Å². The van der Waals surface area contributed by atoms with Gasteiger partial charge in [0, 0.05) is 11.9 Å². The molecule has 0 amide bonds. The summed E-state index contributed by atoms with van der Waals surface area (Å²) in [4.78, 5) is 16.5. The molecule has 0 saturated carbocycles. The van der Waals surface area contributed by atoms with E-state index in [1.165, 1.54) is 7.05 Å². The smallest absolute Gasteiger partial charge is 0.358 e. The van der Waals surface area contributed by atoms with Crippen molar-refractivity contribution in [2.75, 3.05) is 7.05 Å². The predicted octanol–water partition coefficient (Wildman–Crippen LogP) is 5.64. The van der Waals surface area contributed by atoms with Crippen LogP contribution in [0.1, 0.15) is 61.3 Å². The molecule has 0 bridgehead atoms. The molecule has 0 N–H and O–H groups in total. The molecular weight excluding hydrogens is 302 g/mol. The summed E-state index contributed by atoms with van der Waals surface area (Å²) in [6, 6.07) is 0. The lowest BCUT2D eigenvalue weighted by Crippen LogP contribution is -2.28. The van der Waals surface area contributed by atoms with Crippen molar-refractivity contribution in [3.05, 3.63) is 46.4 Å². The Morgan fingerprint density at radius 3 is 2.17 bits per heavy atom. The summed E-state index contributed by atoms with van der Waals surface area (Å²) in [5.41, 5.74) is 1.29. The molecule has 0 aliphatic carbocycles. The van der Waals surface area contributed by atoms with Gasteiger partial charge < -0.3 is 15.0 Å². The standard InChI is InChI=1S/C17H29N3O2.C2H6/c1-8-10-16(17(18-7)20(21)22)19(15(6)13(3)4)12-11-14(5)9-2;1-2/h10-14H,6,8-9H2,1-5,7H3;1-2H3/b12-11-,16-10+,18-17?;. The van der Waals surface area contributed by atoms with Crippen LogP contribution in [0.25, 0.3) is 0 Å². The SMILES string of the molecule is C=C(C(C)C)N(/C=C\C(C)CC)/C(=C/CC)C(=NC)[N+](=O)[O-].CC. The summed E-state index contributed by atoms with van der Waals surface area (Å²) in [5.74, 6) is 0.423. The van der Waals surface area contributed by atoms with Gasteiger partial charge in [0.05, 0.1) is 0 Å². The van der Waals surface area contributed by atoms with Crippen molar-refractivity contribution in [1.82, 2.24) is 4.90 Å². The van der Waals surface area contributed by atoms with Crippen LogP contribution in [0.2, 0.25) is 0 Å². The molecule has 0 saturated heterocycles. The van der Waals surface area contributed by atoms with Gasteiger partial charge in [0.15, 0.2) is 0 Å². The Kier molecular flexibility index (Phi) is 13.7. The van der Waals surface area contributed by atoms with Crippen LogP contribution in [-0.2, 0) is 0 Å². The first-order valence-corrected chi connectivity index (χ1v) is 8.78. The maximum absolute atomic E-state index is 11.3. The van der Waals surface area contributed by atoms with Crippen molar-refractivity contribution in [2.45, 2.75) is 61.3 Å². The molecule has 0 aliphatic rings. The van der Waals surface area contributed by atoms with Gasteiger partial charge in [-0.1, -0.05) is 78.6 Å². The third kappa shape index (κ3) is 8.09. The zero-order valence-electron chi connectivity index (χ0n) is 16.7. The first kappa shape index (κ1) is 24.3. The Bertz CT molecular complexity index is 477. The number of rotatable bonds is 8. The number of aliphatic imine (C=N–C) groups is 1. The molecule has 0 heterocycles. The van der Waals surface area contributed by atoms with E-state index in [4.69, 9.17) is 0 Å². The van der Waals surface area contributed by atoms with Crippen molar-refractivity contribution in [3.8, 4) is 0 Å². The van der Waals surface area contributed by atoms with E-state index in [1.807, 2.05) is 53.0 Å². The van der Waals surface area contributed by atoms with Gasteiger partial charge >= 0.3 is 5.84 Å². The van der Waals surface area contributed by atoms with E-state index in [1.54, 1.807) is 4.90 Å². The fraction of sp³-hybridized carbons (Fsp3) is 0.632. The van der Waals surface area contributed by atoms with Crippen LogP contribution in [0, 0.1) is 22.0 Å². The van der Waals surface area contributed by atoms with E-state index in [0.29, 0.717) is 18.0 Å². The normalized spacial score (nSPS) is 13.5. The van der Waals surface area contributed by atoms with Gasteiger partial charge in [-0.15, -0.1) is 0 Å². The van der Waals surface area contributed by atoms with Gasteiger partial charge in [-0.2, -0.15) is 0 Å². The van der Waals surface area contributed by atoms with Crippen LogP contribution in [0.15, 0.2) is 41.3 Å². The van der Waals surface area contributed by atoms with Gasteiger partial charge in [-0.3, -0.25) is 0 Å². The van der Waals surface area contributed by atoms with Crippen molar-refractivity contribution >= 4 is 5.84 Å². The molecular formula is C19H35N3O2. The van der Waals surface area contributed by atoms with Crippen LogP contribution in [0.3, 0.4) is 0 Å². The Balaban J connectivity index is 0. The third-order valence-corrected chi connectivity index (χ3v) is 3.45. The molecule has 0 aromatic carbocycles. The van der Waals surface area contributed by atoms with E-state index < -0.39 is 4.92 Å². The van der Waals surface area contributed by atoms with Crippen LogP contribution in [0.4, 0.5) is 0 Å². The summed E-state index contributed by atoms with van der Waals surface area (Å²) in [7, 11) is 1.44. The first-order chi connectivity index (χ1) is 11.3. The molecule has 0 radical (unpaired) electrons. The molecule has 0 aromatic rings. The highest BCUT2D eigenvalue weighted by molar-refractivity contribution is 5.91. The topological polar surface area (TPSA) is 58.7 Å². The molecule has 0 rings (SSSR count). The molecule has 5 nitrogen and oxygen atoms in total. The highest BCUT2D eigenvalue weighted by atomic mass is 16.6. The summed E-state index contributed by atoms with van der Waals surface area (Å²) < 4.78 is 0. The number of amidine groups is 1. The number of nitro groups is 1. The highest BCUT2D eigenvalue weighted by Gasteiger charge is 2.25. The summed E-state index contributed by atoms with van der Waals surface area (Å²) in [6.45, 7) is 18.3. The molecule has 1 unspecified atom stereocenters. The van der Waals surface area contributed by atoms with Crippen LogP contribution in [-0.4, -0.2) is 22.7 Å². The minimum Gasteiger partial charge on any atom is -0.358 e. The first-order valence-electron chi connectivity index (χ1n) is 8.78. The maximum Gasteiger partial charge on any atom is 0.381 e. The largest absolute Gasteiger partial charge is 0.381 e. The zero-order chi connectivity index (χ0) is 19.3. The highest BCUT2D eigenvalue weighted by Crippen LogP contribution is 2.22. The number of allylic oxidation sites excluding steroid dienone is 3. The monoisotopic (exact) mass is 337 g/mol. The van der Waals surface area contributed by atoms with Crippen molar-refractivity contribution in [1.29, 1.82) is 0 Å². The molecule has 0 spiro atoms. The number of nitrogens with zero attached hydrogens (tertiary/aromatic N) is 3. The zero-order valence-corrected chi connectivity index (χ0v) is 16.7. The molecule has 24 heavy (non-hydrogen) atoms. The van der Waals surface area contributed by atoms with Gasteiger partial charge in [-0.25, -0.2) is 0 Å². The van der Waals surface area contributed by atoms with Crippen LogP contribution in [0.5, 0.6) is 0 Å². The quantitative estimate of drug-likeness (QED) is 0.249. The molecule has 0 fully saturated rings. The molecule has 1 atom stereocenters. The van der Waals surface area contributed by atoms with Crippen molar-refractivity contribution in [2.24, 2.45) is 16.8 Å². The number of hydrogen-bond donors (Lipinski definition) is 0. The van der Waals surface area contributed by atoms with Crippen LogP contribution < -0.4 is 0 Å². The van der Waals surface area contributed by atoms with E-state index in [0.717, 1.165) is 12.1 Å². The number of hydrogen-bond acceptors (Lipinski definition) is 4. The summed E-state index contributed by atoms with van der Waals surface area (Å²) in [6.07, 6.45) is 7.44. The van der Waals surface area contributed by atoms with Gasteiger partial charge in [0.1, 0.15) is 12.7 Å². The van der Waals surface area contributed by atoms with Crippen LogP contribution >= 0.6 is 0 Å². The second-order valence-corrected chi connectivity index (χ2v) is 5.55. The van der Waals surface area contributed by atoms with Crippen molar-refractivity contribution in [3.63, 3.8) is 0 Å². The lowest BCUT2D eigenvalue weighted by atomic mass is 10.1. The average Bonchev–Trinajstić information content (AvgIpc) is 2.56. The Morgan fingerprint density at radius 2 is 1.83 bits per heavy atom. The van der Waals surface area contributed by atoms with Gasteiger partial charge in [0.25, 0.3) is 0 Å². The minimum atomic E-state index is -0.445. The van der Waals surface area contributed by atoms with E-state index in [2.05, 4.69) is 25.4 Å². The predicted molar refractivity (Wildman–Crippen MR) is 104 cm³/mol. The Morgan fingerprint density at radius 1 is 1.29 bits per heavy atom. The fourth-order valence-electron chi connectivity index (χ4n) is 1.76. The van der Waals surface area contributed by atoms with E-state index >= 15 is 0 Å². The lowest BCUT2D eigenvalue weighted by Gasteiger charge is -2.26. The molecule has 0 aromatic heterocycles. The Hall–Kier alpha value is -1.91. The summed E-state index contributed by atoms with van der Waals surface area (Å²) in [5, 5.41) is 11.3. The second-order valence-electron chi connectivity index (χ2n) is 5.55. The minimum absolute atomic E-state index is 0.141. The fourth-order valence-corrected chi connectivity index (χ4v) is 1.76. The van der Waals surface area contributed by atoms with E-state index in [-0.39, 0.29) is 11.8 Å². The maximum atomic E-state index is 11.3. The lowest BCUT2D eigenvalue weighted by molar-refractivity contribution is -0.350. The van der Waals surface area contributed by atoms with Crippen molar-refractivity contribution < 1.29 is 4.92 Å². The average molecular weight is 338 g/mol. The molecule has 138 valence electrons. The van der Waals surface area contributed by atoms with Gasteiger partial charge in [-0.05, 0) is 23.2 Å². The third-order valence-electron chi connectivity index (χ3n) is 3.45. The second kappa shape index (κ2) is 13.5. The molecule has 5 heteroatoms. The summed E-state index contributed by atoms with van der Waals surface area (Å²) >= 11 is 0. The van der Waals surface area contributed by atoms with E-state index in [9.17, 15) is 10.1 Å². The molecule has 0 aliphatic heterocycles.